The smallest absolute Gasteiger partial charge is 0.180 e. The summed E-state index contributed by atoms with van der Waals surface area (Å²) in [5.74, 6) is 0.755. The molecule has 6 nitrogen and oxygen atoms in total. The van der Waals surface area contributed by atoms with E-state index in [-0.39, 0.29) is 0 Å². The van der Waals surface area contributed by atoms with Crippen LogP contribution in [0.25, 0.3) is 16.9 Å². The van der Waals surface area contributed by atoms with Crippen molar-refractivity contribution in [2.45, 2.75) is 25.8 Å². The number of benzene rings is 2. The van der Waals surface area contributed by atoms with Crippen molar-refractivity contribution >= 4 is 29.1 Å². The van der Waals surface area contributed by atoms with Crippen LogP contribution in [-0.4, -0.2) is 33.7 Å². The Bertz CT molecular complexity index is 1270. The first kappa shape index (κ1) is 18.1. The fourth-order valence-electron chi connectivity index (χ4n) is 4.47. The van der Waals surface area contributed by atoms with Gasteiger partial charge in [0.05, 0.1) is 12.2 Å². The number of piperidine rings is 1. The van der Waals surface area contributed by atoms with Crippen molar-refractivity contribution in [3.8, 4) is 11.3 Å². The van der Waals surface area contributed by atoms with E-state index in [2.05, 4.69) is 62.7 Å². The third-order valence-electron chi connectivity index (χ3n) is 6.16. The largest absolute Gasteiger partial charge is 0.372 e. The van der Waals surface area contributed by atoms with Gasteiger partial charge in [-0.05, 0) is 60.7 Å². The number of aliphatic imine (C=N–C) groups is 1. The van der Waals surface area contributed by atoms with Gasteiger partial charge in [-0.3, -0.25) is 4.99 Å². The molecule has 4 aromatic rings. The van der Waals surface area contributed by atoms with Gasteiger partial charge in [0.2, 0.25) is 0 Å². The molecule has 2 aromatic heterocycles. The van der Waals surface area contributed by atoms with Gasteiger partial charge in [-0.1, -0.05) is 12.1 Å². The van der Waals surface area contributed by atoms with Crippen LogP contribution in [0.4, 0.5) is 17.2 Å². The van der Waals surface area contributed by atoms with E-state index < -0.39 is 0 Å². The molecule has 2 aromatic carbocycles. The summed E-state index contributed by atoms with van der Waals surface area (Å²) in [4.78, 5) is 16.3. The molecule has 0 saturated carbocycles. The summed E-state index contributed by atoms with van der Waals surface area (Å²) in [7, 11) is 0. The van der Waals surface area contributed by atoms with Crippen LogP contribution in [0.5, 0.6) is 0 Å². The highest BCUT2D eigenvalue weighted by Crippen LogP contribution is 2.28. The first-order valence-electron chi connectivity index (χ1n) is 10.9. The van der Waals surface area contributed by atoms with Gasteiger partial charge >= 0.3 is 0 Å². The van der Waals surface area contributed by atoms with Gasteiger partial charge < -0.3 is 14.6 Å². The number of rotatable bonds is 4. The van der Waals surface area contributed by atoms with E-state index in [0.29, 0.717) is 0 Å². The van der Waals surface area contributed by atoms with Gasteiger partial charge in [0.25, 0.3) is 0 Å². The maximum absolute atomic E-state index is 4.93. The molecule has 31 heavy (non-hydrogen) atoms. The van der Waals surface area contributed by atoms with E-state index >= 15 is 0 Å². The summed E-state index contributed by atoms with van der Waals surface area (Å²) in [6, 6.07) is 15.1. The molecule has 154 valence electrons. The lowest BCUT2D eigenvalue weighted by atomic mass is 10.0. The minimum Gasteiger partial charge on any atom is -0.372 e. The van der Waals surface area contributed by atoms with Crippen LogP contribution < -0.4 is 10.2 Å². The van der Waals surface area contributed by atoms with Crippen LogP contribution in [0.2, 0.25) is 0 Å². The highest BCUT2D eigenvalue weighted by Gasteiger charge is 2.14. The summed E-state index contributed by atoms with van der Waals surface area (Å²) in [5, 5.41) is 3.49. The van der Waals surface area contributed by atoms with Crippen LogP contribution in [0.15, 0.2) is 66.0 Å². The highest BCUT2D eigenvalue weighted by atomic mass is 15.1. The fraction of sp³-hybridized carbons (Fsp3) is 0.240. The number of nitrogens with zero attached hydrogens (tertiary/aromatic N) is 5. The molecule has 6 heteroatoms. The predicted molar refractivity (Wildman–Crippen MR) is 126 cm³/mol. The monoisotopic (exact) mass is 408 g/mol. The molecule has 1 saturated heterocycles. The molecular formula is C25H24N6. The summed E-state index contributed by atoms with van der Waals surface area (Å²) in [6.45, 7) is 3.04. The highest BCUT2D eigenvalue weighted by molar-refractivity contribution is 5.86. The van der Waals surface area contributed by atoms with E-state index in [9.17, 15) is 0 Å². The third-order valence-corrected chi connectivity index (χ3v) is 6.16. The second kappa shape index (κ2) is 7.54. The SMILES string of the molecule is C1=NCc2cc(-c3cn4ccnc4c(Nc4ccc(N5CCCCC5)cc4)n3)ccc21. The average Bonchev–Trinajstić information content (AvgIpc) is 3.49. The van der Waals surface area contributed by atoms with Gasteiger partial charge in [-0.25, -0.2) is 9.97 Å². The Labute approximate surface area is 181 Å². The maximum atomic E-state index is 4.93. The summed E-state index contributed by atoms with van der Waals surface area (Å²) in [6.07, 6.45) is 11.6. The molecule has 1 fully saturated rings. The Morgan fingerprint density at radius 2 is 1.81 bits per heavy atom. The zero-order chi connectivity index (χ0) is 20.6. The Morgan fingerprint density at radius 3 is 2.68 bits per heavy atom. The zero-order valence-corrected chi connectivity index (χ0v) is 17.3. The summed E-state index contributed by atoms with van der Waals surface area (Å²) < 4.78 is 2.02. The Kier molecular flexibility index (Phi) is 4.41. The van der Waals surface area contributed by atoms with Gasteiger partial charge in [0.1, 0.15) is 0 Å². The molecular weight excluding hydrogens is 384 g/mol. The van der Waals surface area contributed by atoms with Gasteiger partial charge in [-0.2, -0.15) is 0 Å². The van der Waals surface area contributed by atoms with Crippen molar-refractivity contribution in [2.75, 3.05) is 23.3 Å². The minimum absolute atomic E-state index is 0.741. The second-order valence-electron chi connectivity index (χ2n) is 8.24. The lowest BCUT2D eigenvalue weighted by molar-refractivity contribution is 0.578. The van der Waals surface area contributed by atoms with Crippen LogP contribution in [-0.2, 0) is 6.54 Å². The molecule has 2 aliphatic heterocycles. The van der Waals surface area contributed by atoms with Crippen LogP contribution in [0.1, 0.15) is 30.4 Å². The maximum Gasteiger partial charge on any atom is 0.180 e. The number of hydrogen-bond acceptors (Lipinski definition) is 5. The van der Waals surface area contributed by atoms with Crippen molar-refractivity contribution in [1.82, 2.24) is 14.4 Å². The van der Waals surface area contributed by atoms with Crippen molar-refractivity contribution in [2.24, 2.45) is 4.99 Å². The number of fused-ring (bicyclic) bond motifs is 2. The Morgan fingerprint density at radius 1 is 0.935 bits per heavy atom. The van der Waals surface area contributed by atoms with E-state index in [1.165, 1.54) is 36.1 Å². The first-order chi connectivity index (χ1) is 15.3. The van der Waals surface area contributed by atoms with Crippen LogP contribution in [0, 0.1) is 0 Å². The molecule has 2 aliphatic rings. The molecule has 0 unspecified atom stereocenters. The van der Waals surface area contributed by atoms with Crippen molar-refractivity contribution in [3.05, 3.63) is 72.2 Å². The molecule has 0 bridgehead atoms. The van der Waals surface area contributed by atoms with Gasteiger partial charge in [0.15, 0.2) is 11.5 Å². The fourth-order valence-corrected chi connectivity index (χ4v) is 4.47. The first-order valence-corrected chi connectivity index (χ1v) is 10.9. The quantitative estimate of drug-likeness (QED) is 0.513. The molecule has 0 atom stereocenters. The molecule has 4 heterocycles. The molecule has 0 radical (unpaired) electrons. The number of imidazole rings is 1. The molecule has 0 aliphatic carbocycles. The summed E-state index contributed by atoms with van der Waals surface area (Å²) in [5.41, 5.74) is 7.55. The average molecular weight is 409 g/mol. The van der Waals surface area contributed by atoms with E-state index in [1.807, 2.05) is 29.2 Å². The Balaban J connectivity index is 1.32. The lowest BCUT2D eigenvalue weighted by Crippen LogP contribution is -2.29. The van der Waals surface area contributed by atoms with Crippen molar-refractivity contribution in [3.63, 3.8) is 0 Å². The van der Waals surface area contributed by atoms with Crippen LogP contribution in [0.3, 0.4) is 0 Å². The van der Waals surface area contributed by atoms with Gasteiger partial charge in [-0.15, -0.1) is 0 Å². The summed E-state index contributed by atoms with van der Waals surface area (Å²) >= 11 is 0. The van der Waals surface area contributed by atoms with Crippen molar-refractivity contribution in [1.29, 1.82) is 0 Å². The van der Waals surface area contributed by atoms with E-state index in [4.69, 9.17) is 4.98 Å². The molecule has 0 spiro atoms. The second-order valence-corrected chi connectivity index (χ2v) is 8.24. The zero-order valence-electron chi connectivity index (χ0n) is 17.3. The van der Waals surface area contributed by atoms with Gasteiger partial charge in [0, 0.05) is 54.8 Å². The number of hydrogen-bond donors (Lipinski definition) is 1. The topological polar surface area (TPSA) is 57.8 Å². The molecule has 0 amide bonds. The van der Waals surface area contributed by atoms with E-state index in [1.54, 1.807) is 0 Å². The molecule has 1 N–H and O–H groups in total. The normalized spacial score (nSPS) is 15.4. The van der Waals surface area contributed by atoms with Crippen molar-refractivity contribution < 1.29 is 0 Å². The minimum atomic E-state index is 0.741. The number of nitrogens with one attached hydrogen (secondary N) is 1. The third kappa shape index (κ3) is 3.44. The number of anilines is 3. The predicted octanol–water partition coefficient (Wildman–Crippen LogP) is 5.06. The standard InChI is InChI=1S/C25H24N6/c1-2-11-30(12-3-1)22-8-6-21(7-9-22)28-24-25-27-10-13-31(25)17-23(29-24)18-4-5-19-15-26-16-20(19)14-18/h4-10,13-15,17H,1-3,11-12,16H2,(H,28,29). The van der Waals surface area contributed by atoms with Crippen LogP contribution >= 0.6 is 0 Å². The Hall–Kier alpha value is -3.67. The number of aromatic nitrogens is 3. The lowest BCUT2D eigenvalue weighted by Gasteiger charge is -2.28. The van der Waals surface area contributed by atoms with E-state index in [0.717, 1.165) is 48.0 Å². The molecule has 6 rings (SSSR count).